The number of azide groups is 1. The normalized spacial score (nSPS) is 11.1. The molecule has 1 aromatic rings. The van der Waals surface area contributed by atoms with Gasteiger partial charge in [0.05, 0.1) is 6.26 Å². The fourth-order valence-corrected chi connectivity index (χ4v) is 1.32. The first-order chi connectivity index (χ1) is 9.37. The molecule has 0 bridgehead atoms. The second kappa shape index (κ2) is 6.33. The molecule has 0 fully saturated rings. The van der Waals surface area contributed by atoms with Crippen LogP contribution in [0.3, 0.4) is 0 Å². The van der Waals surface area contributed by atoms with E-state index in [0.717, 1.165) is 6.26 Å². The molecule has 0 spiro atoms. The molecule has 0 heterocycles. The summed E-state index contributed by atoms with van der Waals surface area (Å²) >= 11 is 0. The molecule has 1 amide bonds. The first-order valence-electron chi connectivity index (χ1n) is 4.94. The number of hydrogen-bond acceptors (Lipinski definition) is 6. The van der Waals surface area contributed by atoms with E-state index in [1.54, 1.807) is 6.07 Å². The van der Waals surface area contributed by atoms with Crippen LogP contribution in [0.2, 0.25) is 0 Å². The van der Waals surface area contributed by atoms with Gasteiger partial charge in [0, 0.05) is 16.0 Å². The molecule has 1 aromatic carbocycles. The number of nitrogens with zero attached hydrogens (tertiary/aromatic N) is 5. The van der Waals surface area contributed by atoms with Gasteiger partial charge in [-0.15, -0.1) is 0 Å². The van der Waals surface area contributed by atoms with Gasteiger partial charge in [-0.2, -0.15) is 13.7 Å². The third-order valence-corrected chi connectivity index (χ3v) is 2.26. The Morgan fingerprint density at radius 2 is 1.90 bits per heavy atom. The molecule has 0 aromatic heterocycles. The van der Waals surface area contributed by atoms with Crippen LogP contribution in [-0.2, 0) is 14.4 Å². The Kier molecular flexibility index (Phi) is 4.80. The summed E-state index contributed by atoms with van der Waals surface area (Å²) in [6, 6.07) is 6.95. The molecule has 1 rings (SSSR count). The van der Waals surface area contributed by atoms with E-state index in [0.29, 0.717) is 0 Å². The van der Waals surface area contributed by atoms with Crippen molar-refractivity contribution in [2.75, 3.05) is 6.26 Å². The number of carbonyl (C=O) groups excluding carboxylic acids is 1. The third-order valence-electron chi connectivity index (χ3n) is 1.91. The van der Waals surface area contributed by atoms with E-state index in [2.05, 4.69) is 19.5 Å². The molecule has 0 unspecified atom stereocenters. The minimum absolute atomic E-state index is 0.118. The molecular weight excluding hydrogens is 286 g/mol. The highest BCUT2D eigenvalue weighted by Gasteiger charge is 2.08. The SMILES string of the molecule is CS(=O)(=O)O/N=C(\C#N)c1ccc(C(=O)N=[N+]=[N-])cc1. The van der Waals surface area contributed by atoms with E-state index in [1.165, 1.54) is 24.3 Å². The molecule has 0 saturated carbocycles. The lowest BCUT2D eigenvalue weighted by atomic mass is 10.1. The molecule has 0 saturated heterocycles. The zero-order valence-electron chi connectivity index (χ0n) is 10.1. The topological polar surface area (TPSA) is 145 Å². The Balaban J connectivity index is 3.05. The van der Waals surface area contributed by atoms with Gasteiger partial charge in [-0.05, 0) is 10.6 Å². The van der Waals surface area contributed by atoms with Crippen LogP contribution in [0.5, 0.6) is 0 Å². The maximum absolute atomic E-state index is 11.2. The fourth-order valence-electron chi connectivity index (χ4n) is 1.11. The first kappa shape index (κ1) is 15.2. The average molecular weight is 293 g/mol. The quantitative estimate of drug-likeness (QED) is 0.270. The number of nitriles is 1. The number of hydrogen-bond donors (Lipinski definition) is 0. The number of carbonyl (C=O) groups is 1. The molecule has 9 nitrogen and oxygen atoms in total. The Bertz CT molecular complexity index is 739. The Morgan fingerprint density at radius 1 is 1.35 bits per heavy atom. The summed E-state index contributed by atoms with van der Waals surface area (Å²) in [4.78, 5) is 13.6. The van der Waals surface area contributed by atoms with Crippen molar-refractivity contribution in [1.82, 2.24) is 0 Å². The summed E-state index contributed by atoms with van der Waals surface area (Å²) in [5, 5.41) is 14.9. The van der Waals surface area contributed by atoms with E-state index in [4.69, 9.17) is 10.8 Å². The Hall–Kier alpha value is -2.89. The molecule has 0 N–H and O–H groups in total. The molecule has 0 aliphatic carbocycles. The second-order valence-electron chi connectivity index (χ2n) is 3.40. The maximum atomic E-state index is 11.2. The van der Waals surface area contributed by atoms with Crippen molar-refractivity contribution in [1.29, 1.82) is 5.26 Å². The number of rotatable bonds is 4. The average Bonchev–Trinajstić information content (AvgIpc) is 2.39. The van der Waals surface area contributed by atoms with Gasteiger partial charge < -0.3 is 0 Å². The lowest BCUT2D eigenvalue weighted by molar-refractivity contribution is 0.100. The van der Waals surface area contributed by atoms with Gasteiger partial charge in [0.25, 0.3) is 0 Å². The highest BCUT2D eigenvalue weighted by Crippen LogP contribution is 2.08. The van der Waals surface area contributed by atoms with E-state index < -0.39 is 16.0 Å². The molecule has 20 heavy (non-hydrogen) atoms. The summed E-state index contributed by atoms with van der Waals surface area (Å²) < 4.78 is 25.7. The Labute approximate surface area is 113 Å². The van der Waals surface area contributed by atoms with Crippen LogP contribution in [0.25, 0.3) is 10.4 Å². The van der Waals surface area contributed by atoms with E-state index in [-0.39, 0.29) is 16.8 Å². The van der Waals surface area contributed by atoms with E-state index >= 15 is 0 Å². The molecule has 0 aliphatic rings. The van der Waals surface area contributed by atoms with Crippen molar-refractivity contribution in [2.45, 2.75) is 0 Å². The van der Waals surface area contributed by atoms with Crippen LogP contribution < -0.4 is 0 Å². The van der Waals surface area contributed by atoms with Gasteiger partial charge in [0.15, 0.2) is 5.71 Å². The third kappa shape index (κ3) is 4.41. The number of benzene rings is 1. The molecule has 0 atom stereocenters. The lowest BCUT2D eigenvalue weighted by Gasteiger charge is -1.99. The van der Waals surface area contributed by atoms with Crippen LogP contribution in [-0.4, -0.2) is 26.3 Å². The van der Waals surface area contributed by atoms with Gasteiger partial charge in [-0.1, -0.05) is 29.4 Å². The standard InChI is InChI=1S/C10H7N5O4S/c1-20(17,18)19-14-9(6-11)7-2-4-8(5-3-7)10(16)13-15-12/h2-5H,1H3/b14-9+. The van der Waals surface area contributed by atoms with Crippen LogP contribution in [0.4, 0.5) is 0 Å². The fraction of sp³-hybridized carbons (Fsp3) is 0.100. The minimum Gasteiger partial charge on any atom is -0.287 e. The summed E-state index contributed by atoms with van der Waals surface area (Å²) in [7, 11) is -3.81. The molecular formula is C10H7N5O4S. The van der Waals surface area contributed by atoms with Crippen LogP contribution in [0, 0.1) is 11.3 Å². The lowest BCUT2D eigenvalue weighted by Crippen LogP contribution is -2.04. The van der Waals surface area contributed by atoms with Crippen LogP contribution >= 0.6 is 0 Å². The zero-order chi connectivity index (χ0) is 15.2. The summed E-state index contributed by atoms with van der Waals surface area (Å²) in [5.74, 6) is -0.776. The Morgan fingerprint density at radius 3 is 2.35 bits per heavy atom. The van der Waals surface area contributed by atoms with Gasteiger partial charge in [-0.25, -0.2) is 0 Å². The molecule has 0 aliphatic heterocycles. The van der Waals surface area contributed by atoms with Crippen molar-refractivity contribution in [3.63, 3.8) is 0 Å². The molecule has 0 radical (unpaired) electrons. The van der Waals surface area contributed by atoms with Crippen LogP contribution in [0.15, 0.2) is 34.5 Å². The van der Waals surface area contributed by atoms with Crippen molar-refractivity contribution in [3.8, 4) is 6.07 Å². The van der Waals surface area contributed by atoms with Crippen molar-refractivity contribution < 1.29 is 17.5 Å². The maximum Gasteiger partial charge on any atom is 0.325 e. The minimum atomic E-state index is -3.81. The van der Waals surface area contributed by atoms with Crippen molar-refractivity contribution in [2.24, 2.45) is 10.3 Å². The van der Waals surface area contributed by atoms with E-state index in [9.17, 15) is 13.2 Å². The second-order valence-corrected chi connectivity index (χ2v) is 4.96. The molecule has 102 valence electrons. The summed E-state index contributed by atoms with van der Waals surface area (Å²) in [5.41, 5.74) is 8.21. The summed E-state index contributed by atoms with van der Waals surface area (Å²) in [6.07, 6.45) is 0.785. The highest BCUT2D eigenvalue weighted by molar-refractivity contribution is 7.85. The summed E-state index contributed by atoms with van der Waals surface area (Å²) in [6.45, 7) is 0. The highest BCUT2D eigenvalue weighted by atomic mass is 32.2. The van der Waals surface area contributed by atoms with Gasteiger partial charge in [0.1, 0.15) is 6.07 Å². The van der Waals surface area contributed by atoms with Gasteiger partial charge in [0.2, 0.25) is 5.91 Å². The predicted molar refractivity (Wildman–Crippen MR) is 68.0 cm³/mol. The van der Waals surface area contributed by atoms with Gasteiger partial charge >= 0.3 is 10.1 Å². The van der Waals surface area contributed by atoms with E-state index in [1.807, 2.05) is 0 Å². The van der Waals surface area contributed by atoms with Crippen molar-refractivity contribution in [3.05, 3.63) is 45.8 Å². The van der Waals surface area contributed by atoms with Gasteiger partial charge in [-0.3, -0.25) is 9.08 Å². The predicted octanol–water partition coefficient (Wildman–Crippen LogP) is 1.34. The molecule has 10 heteroatoms. The first-order valence-corrected chi connectivity index (χ1v) is 6.75. The largest absolute Gasteiger partial charge is 0.325 e. The number of oxime groups is 1. The van der Waals surface area contributed by atoms with Crippen LogP contribution in [0.1, 0.15) is 15.9 Å². The monoisotopic (exact) mass is 293 g/mol. The zero-order valence-corrected chi connectivity index (χ0v) is 10.9. The number of amides is 1. The van der Waals surface area contributed by atoms with Crippen molar-refractivity contribution >= 4 is 21.7 Å². The smallest absolute Gasteiger partial charge is 0.287 e.